The minimum atomic E-state index is -0.0960. The summed E-state index contributed by atoms with van der Waals surface area (Å²) in [6, 6.07) is 5.28. The molecule has 1 N–H and O–H groups in total. The van der Waals surface area contributed by atoms with Gasteiger partial charge in [0.25, 0.3) is 0 Å². The Balaban J connectivity index is 0.000000980. The molecule has 4 heteroatoms. The maximum Gasteiger partial charge on any atom is 0.127 e. The van der Waals surface area contributed by atoms with E-state index in [0.717, 1.165) is 29.5 Å². The van der Waals surface area contributed by atoms with Gasteiger partial charge in [-0.2, -0.15) is 0 Å². The fourth-order valence-corrected chi connectivity index (χ4v) is 1.82. The van der Waals surface area contributed by atoms with Crippen molar-refractivity contribution < 1.29 is 4.39 Å². The maximum atomic E-state index is 13.3. The summed E-state index contributed by atoms with van der Waals surface area (Å²) in [5.41, 5.74) is 0.828. The molecule has 1 aromatic carbocycles. The Kier molecular flexibility index (Phi) is 4.35. The molecule has 78 valence electrons. The Hall–Kier alpha value is -0.120. The van der Waals surface area contributed by atoms with Gasteiger partial charge in [0.15, 0.2) is 0 Å². The van der Waals surface area contributed by atoms with Crippen LogP contribution in [0.2, 0.25) is 0 Å². The number of halogens is 3. The van der Waals surface area contributed by atoms with Gasteiger partial charge in [0.05, 0.1) is 0 Å². The first-order valence-corrected chi connectivity index (χ1v) is 5.19. The van der Waals surface area contributed by atoms with Gasteiger partial charge in [-0.3, -0.25) is 0 Å². The SMILES string of the molecule is Cl.Fc1cc(Br)ccc1CC1CNC1. The van der Waals surface area contributed by atoms with Crippen molar-refractivity contribution in [2.75, 3.05) is 13.1 Å². The molecule has 1 saturated heterocycles. The van der Waals surface area contributed by atoms with Gasteiger partial charge in [-0.05, 0) is 43.1 Å². The molecule has 14 heavy (non-hydrogen) atoms. The Bertz CT molecular complexity index is 315. The highest BCUT2D eigenvalue weighted by Crippen LogP contribution is 2.19. The average molecular weight is 281 g/mol. The van der Waals surface area contributed by atoms with Crippen molar-refractivity contribution in [1.29, 1.82) is 0 Å². The lowest BCUT2D eigenvalue weighted by Gasteiger charge is -2.27. The first-order chi connectivity index (χ1) is 6.25. The zero-order valence-electron chi connectivity index (χ0n) is 7.59. The molecule has 0 aliphatic carbocycles. The predicted octanol–water partition coefficient (Wildman–Crippen LogP) is 2.77. The molecular weight excluding hydrogens is 268 g/mol. The van der Waals surface area contributed by atoms with Crippen LogP contribution in [0.25, 0.3) is 0 Å². The van der Waals surface area contributed by atoms with Crippen LogP contribution in [0.15, 0.2) is 22.7 Å². The molecule has 1 nitrogen and oxygen atoms in total. The van der Waals surface area contributed by atoms with Gasteiger partial charge in [-0.25, -0.2) is 4.39 Å². The first-order valence-electron chi connectivity index (χ1n) is 4.40. The van der Waals surface area contributed by atoms with Crippen LogP contribution in [-0.2, 0) is 6.42 Å². The molecule has 1 aliphatic heterocycles. The van der Waals surface area contributed by atoms with Gasteiger partial charge >= 0.3 is 0 Å². The Morgan fingerprint density at radius 2 is 2.14 bits per heavy atom. The molecule has 0 unspecified atom stereocenters. The number of hydrogen-bond acceptors (Lipinski definition) is 1. The van der Waals surface area contributed by atoms with Gasteiger partial charge in [-0.1, -0.05) is 22.0 Å². The van der Waals surface area contributed by atoms with Crippen molar-refractivity contribution in [3.8, 4) is 0 Å². The van der Waals surface area contributed by atoms with Crippen molar-refractivity contribution in [2.24, 2.45) is 5.92 Å². The minimum absolute atomic E-state index is 0. The molecule has 1 aromatic rings. The van der Waals surface area contributed by atoms with E-state index in [4.69, 9.17) is 0 Å². The van der Waals surface area contributed by atoms with E-state index in [-0.39, 0.29) is 18.2 Å². The van der Waals surface area contributed by atoms with E-state index in [9.17, 15) is 4.39 Å². The van der Waals surface area contributed by atoms with Crippen LogP contribution in [0.3, 0.4) is 0 Å². The number of hydrogen-bond donors (Lipinski definition) is 1. The number of rotatable bonds is 2. The van der Waals surface area contributed by atoms with E-state index in [2.05, 4.69) is 21.2 Å². The highest BCUT2D eigenvalue weighted by Gasteiger charge is 2.18. The van der Waals surface area contributed by atoms with Gasteiger partial charge in [-0.15, -0.1) is 12.4 Å². The van der Waals surface area contributed by atoms with Crippen molar-refractivity contribution in [2.45, 2.75) is 6.42 Å². The zero-order valence-corrected chi connectivity index (χ0v) is 10.00. The topological polar surface area (TPSA) is 12.0 Å². The molecule has 1 heterocycles. The quantitative estimate of drug-likeness (QED) is 0.878. The Morgan fingerprint density at radius 1 is 1.43 bits per heavy atom. The highest BCUT2D eigenvalue weighted by atomic mass is 79.9. The van der Waals surface area contributed by atoms with Crippen molar-refractivity contribution >= 4 is 28.3 Å². The van der Waals surface area contributed by atoms with Crippen LogP contribution in [0.5, 0.6) is 0 Å². The molecule has 0 amide bonds. The molecule has 0 spiro atoms. The van der Waals surface area contributed by atoms with Crippen LogP contribution in [0.1, 0.15) is 5.56 Å². The van der Waals surface area contributed by atoms with Crippen molar-refractivity contribution in [3.63, 3.8) is 0 Å². The van der Waals surface area contributed by atoms with E-state index in [1.807, 2.05) is 12.1 Å². The molecule has 2 rings (SSSR count). The van der Waals surface area contributed by atoms with Crippen LogP contribution >= 0.6 is 28.3 Å². The third-order valence-corrected chi connectivity index (χ3v) is 2.88. The average Bonchev–Trinajstić information content (AvgIpc) is 1.99. The molecule has 1 fully saturated rings. The maximum absolute atomic E-state index is 13.3. The Morgan fingerprint density at radius 3 is 2.64 bits per heavy atom. The minimum Gasteiger partial charge on any atom is -0.316 e. The molecule has 0 aromatic heterocycles. The lowest BCUT2D eigenvalue weighted by molar-refractivity contribution is 0.343. The van der Waals surface area contributed by atoms with Crippen molar-refractivity contribution in [1.82, 2.24) is 5.32 Å². The predicted molar refractivity (Wildman–Crippen MR) is 61.4 cm³/mol. The van der Waals surface area contributed by atoms with Crippen LogP contribution < -0.4 is 5.32 Å². The fourth-order valence-electron chi connectivity index (χ4n) is 1.49. The van der Waals surface area contributed by atoms with Crippen molar-refractivity contribution in [3.05, 3.63) is 34.1 Å². The van der Waals surface area contributed by atoms with Gasteiger partial charge in [0, 0.05) is 4.47 Å². The lowest BCUT2D eigenvalue weighted by Crippen LogP contribution is -2.43. The lowest BCUT2D eigenvalue weighted by atomic mass is 9.94. The summed E-state index contributed by atoms with van der Waals surface area (Å²) in [4.78, 5) is 0. The monoisotopic (exact) mass is 279 g/mol. The summed E-state index contributed by atoms with van der Waals surface area (Å²) in [6.07, 6.45) is 0.853. The standard InChI is InChI=1S/C10H11BrFN.ClH/c11-9-2-1-8(10(12)4-9)3-7-5-13-6-7;/h1-2,4,7,13H,3,5-6H2;1H. The smallest absolute Gasteiger partial charge is 0.127 e. The summed E-state index contributed by atoms with van der Waals surface area (Å²) >= 11 is 3.24. The summed E-state index contributed by atoms with van der Waals surface area (Å²) in [5.74, 6) is 0.525. The fraction of sp³-hybridized carbons (Fsp3) is 0.400. The van der Waals surface area contributed by atoms with E-state index in [1.54, 1.807) is 0 Å². The molecule has 0 saturated carbocycles. The van der Waals surface area contributed by atoms with Gasteiger partial charge in [0.1, 0.15) is 5.82 Å². The largest absolute Gasteiger partial charge is 0.316 e. The van der Waals surface area contributed by atoms with E-state index in [0.29, 0.717) is 5.92 Å². The van der Waals surface area contributed by atoms with Gasteiger partial charge < -0.3 is 5.32 Å². The molecule has 0 atom stereocenters. The first kappa shape index (κ1) is 12.0. The summed E-state index contributed by atoms with van der Waals surface area (Å²) in [5, 5.41) is 3.18. The third kappa shape index (κ3) is 2.69. The molecule has 1 aliphatic rings. The second-order valence-corrected chi connectivity index (χ2v) is 4.38. The Labute approximate surface area is 97.6 Å². The second-order valence-electron chi connectivity index (χ2n) is 3.46. The van der Waals surface area contributed by atoms with E-state index < -0.39 is 0 Å². The molecular formula is C10H12BrClFN. The molecule has 0 bridgehead atoms. The summed E-state index contributed by atoms with van der Waals surface area (Å²) < 4.78 is 14.1. The van der Waals surface area contributed by atoms with Crippen LogP contribution in [0, 0.1) is 11.7 Å². The van der Waals surface area contributed by atoms with Crippen LogP contribution in [-0.4, -0.2) is 13.1 Å². The number of benzene rings is 1. The van der Waals surface area contributed by atoms with E-state index in [1.165, 1.54) is 6.07 Å². The van der Waals surface area contributed by atoms with Crippen LogP contribution in [0.4, 0.5) is 4.39 Å². The summed E-state index contributed by atoms with van der Waals surface area (Å²) in [7, 11) is 0. The highest BCUT2D eigenvalue weighted by molar-refractivity contribution is 9.10. The second kappa shape index (κ2) is 5.10. The molecule has 0 radical (unpaired) electrons. The van der Waals surface area contributed by atoms with E-state index >= 15 is 0 Å². The normalized spacial score (nSPS) is 15.9. The third-order valence-electron chi connectivity index (χ3n) is 2.39. The number of nitrogens with one attached hydrogen (secondary N) is 1. The summed E-state index contributed by atoms with van der Waals surface area (Å²) in [6.45, 7) is 2.05. The zero-order chi connectivity index (χ0) is 9.26. The van der Waals surface area contributed by atoms with Gasteiger partial charge in [0.2, 0.25) is 0 Å².